The molecule has 0 aliphatic carbocycles. The van der Waals surface area contributed by atoms with Gasteiger partial charge in [-0.2, -0.15) is 9.97 Å². The fourth-order valence-electron chi connectivity index (χ4n) is 7.70. The molecule has 0 saturated carbocycles. The van der Waals surface area contributed by atoms with Crippen molar-refractivity contribution in [3.63, 3.8) is 0 Å². The quantitative estimate of drug-likeness (QED) is 0.254. The molecule has 9 heteroatoms. The van der Waals surface area contributed by atoms with E-state index in [0.29, 0.717) is 36.7 Å². The minimum absolute atomic E-state index is 0.0624. The van der Waals surface area contributed by atoms with Crippen LogP contribution in [0, 0.1) is 18.2 Å². The number of nitrogens with zero attached hydrogens (tertiary/aromatic N) is 4. The maximum absolute atomic E-state index is 14.8. The molecular weight excluding hydrogens is 545 g/mol. The summed E-state index contributed by atoms with van der Waals surface area (Å²) in [6.45, 7) is 10.1. The lowest BCUT2D eigenvalue weighted by Crippen LogP contribution is -2.47. The van der Waals surface area contributed by atoms with Gasteiger partial charge in [-0.05, 0) is 74.7 Å². The standard InChI is InChI=1S/C34H38FN5O3/c1-4-24-27(35)8-7-22-13-23(36)14-25(30(22)24)29-15-28-26(18-42-29)31(39-11-5-9-33(3,41)19-39)38-32(37-28)43-20-34-10-6-12-40(34)17-21(2)16-34/h1,7-8,13-14,29,41H,2,5-6,9-12,15-20,36H2,3H3. The lowest BCUT2D eigenvalue weighted by Gasteiger charge is -2.39. The van der Waals surface area contributed by atoms with Crippen LogP contribution in [0.25, 0.3) is 10.8 Å². The summed E-state index contributed by atoms with van der Waals surface area (Å²) in [6.07, 6.45) is 10.4. The molecule has 1 aromatic heterocycles. The van der Waals surface area contributed by atoms with Crippen molar-refractivity contribution < 1.29 is 19.0 Å². The van der Waals surface area contributed by atoms with Crippen molar-refractivity contribution in [1.82, 2.24) is 14.9 Å². The summed E-state index contributed by atoms with van der Waals surface area (Å²) >= 11 is 0. The number of benzene rings is 2. The number of piperidine rings is 1. The first-order valence-corrected chi connectivity index (χ1v) is 15.2. The second kappa shape index (κ2) is 10.5. The Balaban J connectivity index is 1.27. The van der Waals surface area contributed by atoms with Gasteiger partial charge in [0.05, 0.1) is 35.1 Å². The molecule has 8 nitrogen and oxygen atoms in total. The molecule has 3 N–H and O–H groups in total. The van der Waals surface area contributed by atoms with Crippen LogP contribution >= 0.6 is 0 Å². The van der Waals surface area contributed by atoms with E-state index in [1.165, 1.54) is 11.6 Å². The number of halogens is 1. The molecule has 3 fully saturated rings. The fraction of sp³-hybridized carbons (Fsp3) is 0.471. The van der Waals surface area contributed by atoms with E-state index in [4.69, 9.17) is 31.6 Å². The molecular formula is C34H38FN5O3. The summed E-state index contributed by atoms with van der Waals surface area (Å²) in [5, 5.41) is 12.3. The molecule has 2 aromatic carbocycles. The maximum Gasteiger partial charge on any atom is 0.318 e. The van der Waals surface area contributed by atoms with E-state index in [9.17, 15) is 9.50 Å². The Morgan fingerprint density at radius 3 is 2.91 bits per heavy atom. The number of terminal acetylenes is 1. The SMILES string of the molecule is C#Cc1c(F)ccc2cc(N)cc(C3Cc4nc(OCC56CCCN5CC(=C)C6)nc(N5CCCC(C)(O)C5)c4CO3)c12. The molecule has 4 aliphatic heterocycles. The summed E-state index contributed by atoms with van der Waals surface area (Å²) < 4.78 is 27.7. The van der Waals surface area contributed by atoms with Gasteiger partial charge in [-0.3, -0.25) is 4.90 Å². The van der Waals surface area contributed by atoms with Crippen LogP contribution in [0.15, 0.2) is 36.4 Å². The van der Waals surface area contributed by atoms with Crippen molar-refractivity contribution in [2.75, 3.05) is 43.4 Å². The van der Waals surface area contributed by atoms with Gasteiger partial charge in [0.15, 0.2) is 0 Å². The van der Waals surface area contributed by atoms with Crippen molar-refractivity contribution in [3.05, 3.63) is 64.6 Å². The Morgan fingerprint density at radius 1 is 1.26 bits per heavy atom. The zero-order valence-corrected chi connectivity index (χ0v) is 24.7. The van der Waals surface area contributed by atoms with Crippen molar-refractivity contribution in [2.45, 2.75) is 69.3 Å². The highest BCUT2D eigenvalue weighted by Gasteiger charge is 2.46. The summed E-state index contributed by atoms with van der Waals surface area (Å²) in [6, 6.07) is 7.01. The van der Waals surface area contributed by atoms with Gasteiger partial charge in [-0.25, -0.2) is 4.39 Å². The number of anilines is 2. The number of hydrogen-bond donors (Lipinski definition) is 2. The van der Waals surface area contributed by atoms with Crippen molar-refractivity contribution in [3.8, 4) is 18.4 Å². The maximum atomic E-state index is 14.8. The summed E-state index contributed by atoms with van der Waals surface area (Å²) in [7, 11) is 0. The molecule has 0 spiro atoms. The second-order valence-electron chi connectivity index (χ2n) is 13.0. The lowest BCUT2D eigenvalue weighted by atomic mass is 9.91. The van der Waals surface area contributed by atoms with Gasteiger partial charge < -0.3 is 25.2 Å². The van der Waals surface area contributed by atoms with Gasteiger partial charge in [0.2, 0.25) is 0 Å². The smallest absolute Gasteiger partial charge is 0.318 e. The highest BCUT2D eigenvalue weighted by atomic mass is 19.1. The van der Waals surface area contributed by atoms with E-state index < -0.39 is 17.5 Å². The predicted octanol–water partition coefficient (Wildman–Crippen LogP) is 4.67. The third kappa shape index (κ3) is 5.01. The number of fused-ring (bicyclic) bond motifs is 3. The zero-order chi connectivity index (χ0) is 29.9. The van der Waals surface area contributed by atoms with Crippen LogP contribution in [0.2, 0.25) is 0 Å². The number of nitrogens with two attached hydrogens (primary N) is 1. The van der Waals surface area contributed by atoms with Gasteiger partial charge in [0, 0.05) is 42.7 Å². The Bertz CT molecular complexity index is 1670. The summed E-state index contributed by atoms with van der Waals surface area (Å²) in [5.74, 6) is 2.82. The van der Waals surface area contributed by atoms with E-state index in [0.717, 1.165) is 79.8 Å². The average molecular weight is 584 g/mol. The largest absolute Gasteiger partial charge is 0.461 e. The Morgan fingerprint density at radius 2 is 2.09 bits per heavy atom. The first kappa shape index (κ1) is 28.1. The van der Waals surface area contributed by atoms with Gasteiger partial charge >= 0.3 is 6.01 Å². The minimum Gasteiger partial charge on any atom is -0.461 e. The number of hydrogen-bond acceptors (Lipinski definition) is 8. The fourth-order valence-corrected chi connectivity index (χ4v) is 7.70. The van der Waals surface area contributed by atoms with Crippen LogP contribution in [-0.4, -0.2) is 63.9 Å². The van der Waals surface area contributed by atoms with E-state index in [-0.39, 0.29) is 17.7 Å². The third-order valence-corrected chi connectivity index (χ3v) is 9.65. The Hall–Kier alpha value is -3.71. The van der Waals surface area contributed by atoms with Gasteiger partial charge in [0.1, 0.15) is 18.2 Å². The van der Waals surface area contributed by atoms with Crippen LogP contribution in [0.1, 0.15) is 67.5 Å². The number of nitrogen functional groups attached to an aromatic ring is 1. The summed E-state index contributed by atoms with van der Waals surface area (Å²) in [5.41, 5.74) is 9.83. The van der Waals surface area contributed by atoms with Crippen LogP contribution < -0.4 is 15.4 Å². The minimum atomic E-state index is -0.821. The lowest BCUT2D eigenvalue weighted by molar-refractivity contribution is 0.0252. The Kier molecular flexibility index (Phi) is 6.84. The van der Waals surface area contributed by atoms with Crippen molar-refractivity contribution >= 4 is 22.3 Å². The van der Waals surface area contributed by atoms with E-state index in [2.05, 4.69) is 22.3 Å². The Labute approximate surface area is 251 Å². The molecule has 7 rings (SSSR count). The molecule has 3 atom stereocenters. The molecule has 43 heavy (non-hydrogen) atoms. The molecule has 0 amide bonds. The highest BCUT2D eigenvalue weighted by Crippen LogP contribution is 2.43. The van der Waals surface area contributed by atoms with Crippen LogP contribution in [0.5, 0.6) is 6.01 Å². The zero-order valence-electron chi connectivity index (χ0n) is 24.7. The average Bonchev–Trinajstić information content (AvgIpc) is 3.50. The molecule has 0 bridgehead atoms. The second-order valence-corrected chi connectivity index (χ2v) is 13.0. The van der Waals surface area contributed by atoms with Gasteiger partial charge in [-0.1, -0.05) is 24.1 Å². The number of β-amino-alcohol motifs (C(OH)–C–C–N with tert-alkyl or cyclic N) is 1. The highest BCUT2D eigenvalue weighted by molar-refractivity contribution is 5.94. The van der Waals surface area contributed by atoms with Crippen LogP contribution in [0.4, 0.5) is 15.9 Å². The van der Waals surface area contributed by atoms with Crippen molar-refractivity contribution in [1.29, 1.82) is 0 Å². The van der Waals surface area contributed by atoms with Crippen LogP contribution in [-0.2, 0) is 17.8 Å². The number of ether oxygens (including phenoxy) is 2. The molecule has 3 saturated heterocycles. The van der Waals surface area contributed by atoms with Gasteiger partial charge in [-0.15, -0.1) is 6.42 Å². The molecule has 5 heterocycles. The van der Waals surface area contributed by atoms with Crippen LogP contribution in [0.3, 0.4) is 0 Å². The molecule has 0 radical (unpaired) electrons. The third-order valence-electron chi connectivity index (χ3n) is 9.65. The predicted molar refractivity (Wildman–Crippen MR) is 164 cm³/mol. The van der Waals surface area contributed by atoms with E-state index in [1.807, 2.05) is 13.0 Å². The normalized spacial score (nSPS) is 27.3. The van der Waals surface area contributed by atoms with E-state index in [1.54, 1.807) is 12.1 Å². The first-order valence-electron chi connectivity index (χ1n) is 15.2. The van der Waals surface area contributed by atoms with Gasteiger partial charge in [0.25, 0.3) is 0 Å². The van der Waals surface area contributed by atoms with E-state index >= 15 is 0 Å². The number of rotatable bonds is 5. The van der Waals surface area contributed by atoms with Crippen molar-refractivity contribution in [2.24, 2.45) is 0 Å². The summed E-state index contributed by atoms with van der Waals surface area (Å²) in [4.78, 5) is 14.5. The monoisotopic (exact) mass is 583 g/mol. The number of aliphatic hydroxyl groups is 1. The molecule has 224 valence electrons. The molecule has 3 aromatic rings. The number of aromatic nitrogens is 2. The molecule has 3 unspecified atom stereocenters. The first-order chi connectivity index (χ1) is 20.6. The molecule has 4 aliphatic rings. The topological polar surface area (TPSA) is 97.0 Å².